The molecular formula is C14H25N3O2. The summed E-state index contributed by atoms with van der Waals surface area (Å²) in [5.74, 6) is 1.78. The maximum Gasteiger partial charge on any atom is 0.150 e. The summed E-state index contributed by atoms with van der Waals surface area (Å²) in [7, 11) is 1.74. The Morgan fingerprint density at radius 2 is 2.26 bits per heavy atom. The van der Waals surface area contributed by atoms with Crippen LogP contribution in [0.1, 0.15) is 24.3 Å². The van der Waals surface area contributed by atoms with Gasteiger partial charge >= 0.3 is 0 Å². The van der Waals surface area contributed by atoms with E-state index in [1.807, 2.05) is 13.0 Å². The summed E-state index contributed by atoms with van der Waals surface area (Å²) in [4.78, 5) is 2.45. The Kier molecular flexibility index (Phi) is 5.82. The quantitative estimate of drug-likeness (QED) is 0.757. The van der Waals surface area contributed by atoms with E-state index in [1.165, 1.54) is 12.8 Å². The van der Waals surface area contributed by atoms with E-state index < -0.39 is 0 Å². The van der Waals surface area contributed by atoms with Gasteiger partial charge in [0, 0.05) is 19.7 Å². The molecule has 1 aliphatic heterocycles. The van der Waals surface area contributed by atoms with E-state index in [0.29, 0.717) is 0 Å². The van der Waals surface area contributed by atoms with Crippen LogP contribution in [0.15, 0.2) is 10.6 Å². The fourth-order valence-corrected chi connectivity index (χ4v) is 2.54. The van der Waals surface area contributed by atoms with Crippen LogP contribution < -0.4 is 5.32 Å². The zero-order valence-electron chi connectivity index (χ0n) is 12.0. The summed E-state index contributed by atoms with van der Waals surface area (Å²) in [6.45, 7) is 8.01. The molecule has 1 aliphatic rings. The van der Waals surface area contributed by atoms with Crippen molar-refractivity contribution in [2.75, 3.05) is 39.9 Å². The van der Waals surface area contributed by atoms with Crippen LogP contribution in [0.4, 0.5) is 0 Å². The van der Waals surface area contributed by atoms with Gasteiger partial charge in [-0.15, -0.1) is 0 Å². The highest BCUT2D eigenvalue weighted by Gasteiger charge is 2.19. The Bertz CT molecular complexity index is 359. The SMILES string of the molecule is COCCNCC1CCN(Cc2cc(C)no2)CC1. The van der Waals surface area contributed by atoms with Gasteiger partial charge in [-0.05, 0) is 45.3 Å². The van der Waals surface area contributed by atoms with Crippen LogP contribution in [0.25, 0.3) is 0 Å². The predicted molar refractivity (Wildman–Crippen MR) is 74.0 cm³/mol. The average molecular weight is 267 g/mol. The Morgan fingerprint density at radius 3 is 2.89 bits per heavy atom. The topological polar surface area (TPSA) is 50.5 Å². The number of piperidine rings is 1. The zero-order valence-corrected chi connectivity index (χ0v) is 12.0. The summed E-state index contributed by atoms with van der Waals surface area (Å²) in [6, 6.07) is 2.03. The molecule has 0 bridgehead atoms. The van der Waals surface area contributed by atoms with Gasteiger partial charge in [0.25, 0.3) is 0 Å². The van der Waals surface area contributed by atoms with Crippen molar-refractivity contribution >= 4 is 0 Å². The first kappa shape index (κ1) is 14.5. The first-order valence-electron chi connectivity index (χ1n) is 7.12. The molecule has 19 heavy (non-hydrogen) atoms. The number of ether oxygens (including phenoxy) is 1. The third-order valence-corrected chi connectivity index (χ3v) is 3.68. The molecule has 5 nitrogen and oxygen atoms in total. The fourth-order valence-electron chi connectivity index (χ4n) is 2.54. The van der Waals surface area contributed by atoms with Crippen molar-refractivity contribution in [2.45, 2.75) is 26.3 Å². The van der Waals surface area contributed by atoms with E-state index in [-0.39, 0.29) is 0 Å². The standard InChI is InChI=1S/C14H25N3O2/c1-12-9-14(19-16-12)11-17-6-3-13(4-7-17)10-15-5-8-18-2/h9,13,15H,3-8,10-11H2,1-2H3. The van der Waals surface area contributed by atoms with Gasteiger partial charge in [-0.2, -0.15) is 0 Å². The maximum absolute atomic E-state index is 5.27. The first-order chi connectivity index (χ1) is 9.28. The molecule has 1 N–H and O–H groups in total. The molecule has 5 heteroatoms. The minimum atomic E-state index is 0.795. The van der Waals surface area contributed by atoms with Gasteiger partial charge in [0.1, 0.15) is 0 Å². The average Bonchev–Trinajstić information content (AvgIpc) is 2.82. The molecule has 108 valence electrons. The number of hydrogen-bond acceptors (Lipinski definition) is 5. The van der Waals surface area contributed by atoms with E-state index in [9.17, 15) is 0 Å². The Balaban J connectivity index is 1.62. The minimum Gasteiger partial charge on any atom is -0.383 e. The van der Waals surface area contributed by atoms with Crippen LogP contribution in [0.2, 0.25) is 0 Å². The molecule has 0 atom stereocenters. The third-order valence-electron chi connectivity index (χ3n) is 3.68. The van der Waals surface area contributed by atoms with Gasteiger partial charge in [-0.3, -0.25) is 4.90 Å². The van der Waals surface area contributed by atoms with E-state index in [2.05, 4.69) is 15.4 Å². The maximum atomic E-state index is 5.27. The molecule has 1 saturated heterocycles. The molecule has 0 radical (unpaired) electrons. The number of nitrogens with zero attached hydrogens (tertiary/aromatic N) is 2. The van der Waals surface area contributed by atoms with Crippen molar-refractivity contribution in [1.29, 1.82) is 0 Å². The van der Waals surface area contributed by atoms with Crippen molar-refractivity contribution in [1.82, 2.24) is 15.4 Å². The number of likely N-dealkylation sites (tertiary alicyclic amines) is 1. The predicted octanol–water partition coefficient (Wildman–Crippen LogP) is 1.43. The second kappa shape index (κ2) is 7.62. The van der Waals surface area contributed by atoms with E-state index in [1.54, 1.807) is 7.11 Å². The number of methoxy groups -OCH3 is 1. The van der Waals surface area contributed by atoms with E-state index >= 15 is 0 Å². The Hall–Kier alpha value is -0.910. The highest BCUT2D eigenvalue weighted by atomic mass is 16.5. The first-order valence-corrected chi connectivity index (χ1v) is 7.12. The summed E-state index contributed by atoms with van der Waals surface area (Å²) < 4.78 is 10.3. The minimum absolute atomic E-state index is 0.795. The number of hydrogen-bond donors (Lipinski definition) is 1. The lowest BCUT2D eigenvalue weighted by molar-refractivity contribution is 0.156. The summed E-state index contributed by atoms with van der Waals surface area (Å²) in [6.07, 6.45) is 2.51. The van der Waals surface area contributed by atoms with Crippen LogP contribution in [0.5, 0.6) is 0 Å². The van der Waals surface area contributed by atoms with Crippen LogP contribution in [0.3, 0.4) is 0 Å². The zero-order chi connectivity index (χ0) is 13.5. The third kappa shape index (κ3) is 4.93. The number of aromatic nitrogens is 1. The number of rotatable bonds is 7. The molecule has 2 heterocycles. The van der Waals surface area contributed by atoms with Crippen molar-refractivity contribution in [3.63, 3.8) is 0 Å². The van der Waals surface area contributed by atoms with Gasteiger partial charge in [0.05, 0.1) is 18.8 Å². The lowest BCUT2D eigenvalue weighted by Crippen LogP contribution is -2.37. The summed E-state index contributed by atoms with van der Waals surface area (Å²) in [5.41, 5.74) is 0.965. The molecule has 0 aliphatic carbocycles. The summed E-state index contributed by atoms with van der Waals surface area (Å²) in [5, 5.41) is 7.38. The van der Waals surface area contributed by atoms with Crippen molar-refractivity contribution in [2.24, 2.45) is 5.92 Å². The molecule has 1 fully saturated rings. The number of aryl methyl sites for hydroxylation is 1. The van der Waals surface area contributed by atoms with Crippen molar-refractivity contribution in [3.05, 3.63) is 17.5 Å². The second-order valence-corrected chi connectivity index (χ2v) is 5.35. The van der Waals surface area contributed by atoms with Crippen LogP contribution in [0, 0.1) is 12.8 Å². The molecule has 0 unspecified atom stereocenters. The smallest absolute Gasteiger partial charge is 0.150 e. The molecule has 1 aromatic rings. The fraction of sp³-hybridized carbons (Fsp3) is 0.786. The van der Waals surface area contributed by atoms with Gasteiger partial charge in [-0.25, -0.2) is 0 Å². The largest absolute Gasteiger partial charge is 0.383 e. The van der Waals surface area contributed by atoms with Gasteiger partial charge in [-0.1, -0.05) is 5.16 Å². The van der Waals surface area contributed by atoms with Gasteiger partial charge < -0.3 is 14.6 Å². The molecule has 2 rings (SSSR count). The summed E-state index contributed by atoms with van der Waals surface area (Å²) >= 11 is 0. The molecule has 1 aromatic heterocycles. The molecule has 0 spiro atoms. The van der Waals surface area contributed by atoms with Gasteiger partial charge in [0.2, 0.25) is 0 Å². The van der Waals surface area contributed by atoms with Crippen molar-refractivity contribution in [3.8, 4) is 0 Å². The van der Waals surface area contributed by atoms with E-state index in [0.717, 1.165) is 56.7 Å². The molecule has 0 amide bonds. The van der Waals surface area contributed by atoms with Crippen molar-refractivity contribution < 1.29 is 9.26 Å². The lowest BCUT2D eigenvalue weighted by Gasteiger charge is -2.31. The Labute approximate surface area is 115 Å². The monoisotopic (exact) mass is 267 g/mol. The highest BCUT2D eigenvalue weighted by molar-refractivity contribution is 5.02. The second-order valence-electron chi connectivity index (χ2n) is 5.35. The van der Waals surface area contributed by atoms with E-state index in [4.69, 9.17) is 9.26 Å². The molecule has 0 saturated carbocycles. The number of nitrogens with one attached hydrogen (secondary N) is 1. The van der Waals surface area contributed by atoms with Crippen LogP contribution in [-0.4, -0.2) is 50.0 Å². The van der Waals surface area contributed by atoms with Crippen LogP contribution in [-0.2, 0) is 11.3 Å². The molecular weight excluding hydrogens is 242 g/mol. The lowest BCUT2D eigenvalue weighted by atomic mass is 9.97. The van der Waals surface area contributed by atoms with Crippen LogP contribution >= 0.6 is 0 Å². The van der Waals surface area contributed by atoms with Gasteiger partial charge in [0.15, 0.2) is 5.76 Å². The Morgan fingerprint density at radius 1 is 1.47 bits per heavy atom. The highest BCUT2D eigenvalue weighted by Crippen LogP contribution is 2.18. The molecule has 0 aromatic carbocycles. The normalized spacial score (nSPS) is 18.0.